The third kappa shape index (κ3) is 16.4. The zero-order chi connectivity index (χ0) is 22.4. The Kier molecular flexibility index (Phi) is 19.1. The first-order valence-electron chi connectivity index (χ1n) is 14.2. The summed E-state index contributed by atoms with van der Waals surface area (Å²) >= 11 is 0. The van der Waals surface area contributed by atoms with Crippen molar-refractivity contribution in [3.8, 4) is 0 Å². The van der Waals surface area contributed by atoms with Gasteiger partial charge in [0.15, 0.2) is 12.4 Å². The van der Waals surface area contributed by atoms with Crippen LogP contribution in [0, 0.1) is 0 Å². The number of hydrogen-bond donors (Lipinski definition) is 0. The van der Waals surface area contributed by atoms with Gasteiger partial charge in [0, 0.05) is 11.6 Å². The molecule has 0 amide bonds. The Balaban J connectivity index is 2.10. The van der Waals surface area contributed by atoms with Crippen LogP contribution in [0.25, 0.3) is 0 Å². The van der Waals surface area contributed by atoms with E-state index >= 15 is 0 Å². The fourth-order valence-electron chi connectivity index (χ4n) is 4.76. The van der Waals surface area contributed by atoms with Crippen LogP contribution in [0.1, 0.15) is 153 Å². The molecule has 1 nitrogen and oxygen atoms in total. The van der Waals surface area contributed by atoms with E-state index in [0.717, 1.165) is 0 Å². The van der Waals surface area contributed by atoms with Gasteiger partial charge in [0.05, 0.1) is 0 Å². The molecule has 0 unspecified atom stereocenters. The van der Waals surface area contributed by atoms with Crippen molar-refractivity contribution in [2.45, 2.75) is 155 Å². The van der Waals surface area contributed by atoms with E-state index < -0.39 is 0 Å². The first-order chi connectivity index (χ1) is 15.3. The maximum Gasteiger partial charge on any atom is 0.171 e. The molecule has 0 aliphatic heterocycles. The lowest BCUT2D eigenvalue weighted by Crippen LogP contribution is -2.27. The van der Waals surface area contributed by atoms with Gasteiger partial charge in [0.1, 0.15) is 7.05 Å². The molecule has 31 heavy (non-hydrogen) atoms. The van der Waals surface area contributed by atoms with Crippen LogP contribution >= 0.6 is 0 Å². The molecule has 0 spiro atoms. The topological polar surface area (TPSA) is 3.88 Å². The van der Waals surface area contributed by atoms with Gasteiger partial charge in [-0.15, -0.1) is 0 Å². The van der Waals surface area contributed by atoms with Gasteiger partial charge in [-0.1, -0.05) is 129 Å². The molecule has 0 aromatic carbocycles. The van der Waals surface area contributed by atoms with Crippen LogP contribution in [0.3, 0.4) is 0 Å². The third-order valence-corrected chi connectivity index (χ3v) is 6.88. The summed E-state index contributed by atoms with van der Waals surface area (Å²) in [5.74, 6) is 0. The summed E-state index contributed by atoms with van der Waals surface area (Å²) in [6.07, 6.45) is 35.7. The smallest absolute Gasteiger partial charge is 0.171 e. The lowest BCUT2D eigenvalue weighted by Gasteiger charge is -2.08. The number of nitrogens with zero attached hydrogens (tertiary/aromatic N) is 1. The molecule has 1 aromatic heterocycles. The van der Waals surface area contributed by atoms with E-state index in [1.807, 2.05) is 0 Å². The summed E-state index contributed by atoms with van der Waals surface area (Å²) in [6.45, 7) is 4.60. The minimum absolute atomic E-state index is 1.28. The average molecular weight is 431 g/mol. The van der Waals surface area contributed by atoms with Crippen LogP contribution in [-0.2, 0) is 19.9 Å². The molecular weight excluding hydrogens is 374 g/mol. The highest BCUT2D eigenvalue weighted by Gasteiger charge is 2.07. The number of unbranched alkanes of at least 4 members (excludes halogenated alkanes) is 18. The van der Waals surface area contributed by atoms with Crippen LogP contribution in [-0.4, -0.2) is 0 Å². The van der Waals surface area contributed by atoms with E-state index in [1.165, 1.54) is 141 Å². The lowest BCUT2D eigenvalue weighted by molar-refractivity contribution is -0.672. The molecule has 180 valence electrons. The van der Waals surface area contributed by atoms with E-state index in [0.29, 0.717) is 0 Å². The number of hydrogen-bond acceptors (Lipinski definition) is 0. The SMILES string of the molecule is CCCCCCCCCCCCc1cc[n+](C)cc1CCCCCCCCCCCC. The van der Waals surface area contributed by atoms with Crippen LogP contribution in [0.5, 0.6) is 0 Å². The van der Waals surface area contributed by atoms with Gasteiger partial charge in [0.2, 0.25) is 0 Å². The first kappa shape index (κ1) is 28.2. The summed E-state index contributed by atoms with van der Waals surface area (Å²) < 4.78 is 2.24. The van der Waals surface area contributed by atoms with Gasteiger partial charge in [-0.05, 0) is 31.2 Å². The number of pyridine rings is 1. The highest BCUT2D eigenvalue weighted by molar-refractivity contribution is 5.21. The molecule has 1 heteroatoms. The molecule has 0 radical (unpaired) electrons. The van der Waals surface area contributed by atoms with Crippen molar-refractivity contribution in [3.63, 3.8) is 0 Å². The molecule has 0 aliphatic carbocycles. The molecule has 0 aliphatic rings. The van der Waals surface area contributed by atoms with Gasteiger partial charge < -0.3 is 0 Å². The molecule has 0 saturated carbocycles. The van der Waals surface area contributed by atoms with Gasteiger partial charge in [0.25, 0.3) is 0 Å². The summed E-state index contributed by atoms with van der Waals surface area (Å²) in [5.41, 5.74) is 3.23. The fourth-order valence-corrected chi connectivity index (χ4v) is 4.76. The Morgan fingerprint density at radius 3 is 1.26 bits per heavy atom. The van der Waals surface area contributed by atoms with E-state index in [-0.39, 0.29) is 0 Å². The molecule has 1 aromatic rings. The maximum atomic E-state index is 2.39. The molecule has 1 heterocycles. The first-order valence-corrected chi connectivity index (χ1v) is 14.2. The second-order valence-corrected chi connectivity index (χ2v) is 10.0. The Labute approximate surface area is 196 Å². The molecule has 0 N–H and O–H groups in total. The summed E-state index contributed by atoms with van der Waals surface area (Å²) in [5, 5.41) is 0. The van der Waals surface area contributed by atoms with E-state index in [9.17, 15) is 0 Å². The van der Waals surface area contributed by atoms with Crippen molar-refractivity contribution in [2.75, 3.05) is 0 Å². The van der Waals surface area contributed by atoms with Crippen molar-refractivity contribution in [3.05, 3.63) is 29.6 Å². The number of aromatic nitrogens is 1. The second-order valence-electron chi connectivity index (χ2n) is 10.0. The summed E-state index contributed by atoms with van der Waals surface area (Å²) in [6, 6.07) is 2.39. The second kappa shape index (κ2) is 21.0. The largest absolute Gasteiger partial charge is 0.208 e. The van der Waals surface area contributed by atoms with Crippen LogP contribution < -0.4 is 4.57 Å². The van der Waals surface area contributed by atoms with Crippen molar-refractivity contribution >= 4 is 0 Å². The average Bonchev–Trinajstić information content (AvgIpc) is 2.77. The maximum absolute atomic E-state index is 2.39. The Hall–Kier alpha value is -0.850. The number of rotatable bonds is 22. The van der Waals surface area contributed by atoms with Crippen LogP contribution in [0.15, 0.2) is 18.5 Å². The van der Waals surface area contributed by atoms with Crippen molar-refractivity contribution in [1.29, 1.82) is 0 Å². The molecule has 1 rings (SSSR count). The molecule has 0 bridgehead atoms. The third-order valence-electron chi connectivity index (χ3n) is 6.88. The molecule has 0 fully saturated rings. The van der Waals surface area contributed by atoms with Crippen molar-refractivity contribution in [1.82, 2.24) is 0 Å². The minimum atomic E-state index is 1.28. The highest BCUT2D eigenvalue weighted by Crippen LogP contribution is 2.17. The van der Waals surface area contributed by atoms with Crippen molar-refractivity contribution < 1.29 is 4.57 Å². The number of aryl methyl sites for hydroxylation is 3. The summed E-state index contributed by atoms with van der Waals surface area (Å²) in [4.78, 5) is 0. The van der Waals surface area contributed by atoms with Gasteiger partial charge in [-0.25, -0.2) is 4.57 Å². The fraction of sp³-hybridized carbons (Fsp3) is 0.833. The van der Waals surface area contributed by atoms with Gasteiger partial charge in [-0.2, -0.15) is 0 Å². The lowest BCUT2D eigenvalue weighted by atomic mass is 9.97. The summed E-state index contributed by atoms with van der Waals surface area (Å²) in [7, 11) is 2.17. The monoisotopic (exact) mass is 430 g/mol. The van der Waals surface area contributed by atoms with Crippen LogP contribution in [0.4, 0.5) is 0 Å². The Morgan fingerprint density at radius 2 is 0.839 bits per heavy atom. The van der Waals surface area contributed by atoms with Gasteiger partial charge in [-0.3, -0.25) is 0 Å². The Bertz CT molecular complexity index is 507. The van der Waals surface area contributed by atoms with E-state index in [2.05, 4.69) is 43.9 Å². The van der Waals surface area contributed by atoms with Crippen LogP contribution in [0.2, 0.25) is 0 Å². The molecule has 0 atom stereocenters. The zero-order valence-corrected chi connectivity index (χ0v) is 21.7. The van der Waals surface area contributed by atoms with Crippen molar-refractivity contribution in [2.24, 2.45) is 7.05 Å². The predicted molar refractivity (Wildman–Crippen MR) is 139 cm³/mol. The minimum Gasteiger partial charge on any atom is -0.208 e. The Morgan fingerprint density at radius 1 is 0.484 bits per heavy atom. The highest BCUT2D eigenvalue weighted by atomic mass is 14.9. The quantitative estimate of drug-likeness (QED) is 0.127. The van der Waals surface area contributed by atoms with Gasteiger partial charge >= 0.3 is 0 Å². The van der Waals surface area contributed by atoms with E-state index in [4.69, 9.17) is 0 Å². The zero-order valence-electron chi connectivity index (χ0n) is 21.7. The predicted octanol–water partition coefficient (Wildman–Crippen LogP) is 9.44. The standard InChI is InChI=1S/C30H56N/c1-4-6-8-10-12-14-16-18-20-22-24-29-26-27-31(3)28-30(29)25-23-21-19-17-15-13-11-9-7-5-2/h26-28H,4-25H2,1-3H3/q+1. The normalized spacial score (nSPS) is 11.3. The molecular formula is C30H56N+. The molecule has 0 saturated heterocycles. The van der Waals surface area contributed by atoms with E-state index in [1.54, 1.807) is 11.1 Å².